The van der Waals surface area contributed by atoms with Gasteiger partial charge in [-0.15, -0.1) is 0 Å². The summed E-state index contributed by atoms with van der Waals surface area (Å²) in [6, 6.07) is 12.6. The van der Waals surface area contributed by atoms with Crippen LogP contribution in [-0.4, -0.2) is 29.4 Å². The van der Waals surface area contributed by atoms with E-state index in [2.05, 4.69) is 10.6 Å². The average molecular weight is 333 g/mol. The second kappa shape index (κ2) is 7.42. The lowest BCUT2D eigenvalue weighted by Gasteiger charge is -2.11. The number of rotatable bonds is 5. The van der Waals surface area contributed by atoms with Crippen LogP contribution in [0.1, 0.15) is 20.7 Å². The van der Waals surface area contributed by atoms with Crippen LogP contribution in [0.5, 0.6) is 0 Å². The Balaban J connectivity index is 2.16. The minimum absolute atomic E-state index is 0.177. The lowest BCUT2D eigenvalue weighted by molar-refractivity contribution is -0.135. The molecular formula is C16H13ClN2O4. The van der Waals surface area contributed by atoms with Crippen molar-refractivity contribution < 1.29 is 19.5 Å². The number of carboxylic acid groups (broad SMARTS) is 1. The van der Waals surface area contributed by atoms with E-state index >= 15 is 0 Å². The van der Waals surface area contributed by atoms with E-state index in [1.54, 1.807) is 42.5 Å². The molecule has 23 heavy (non-hydrogen) atoms. The summed E-state index contributed by atoms with van der Waals surface area (Å²) in [6.07, 6.45) is 0. The number of amides is 2. The Kier molecular flexibility index (Phi) is 5.32. The Morgan fingerprint density at radius 2 is 1.61 bits per heavy atom. The summed E-state index contributed by atoms with van der Waals surface area (Å²) in [5.41, 5.74) is 0.849. The van der Waals surface area contributed by atoms with Crippen molar-refractivity contribution in [3.8, 4) is 0 Å². The second-order valence-electron chi connectivity index (χ2n) is 4.58. The van der Waals surface area contributed by atoms with Crippen molar-refractivity contribution in [2.45, 2.75) is 0 Å². The smallest absolute Gasteiger partial charge is 0.322 e. The molecule has 0 aromatic heterocycles. The first-order chi connectivity index (χ1) is 11.0. The van der Waals surface area contributed by atoms with Crippen molar-refractivity contribution >= 4 is 35.1 Å². The minimum atomic E-state index is -1.15. The van der Waals surface area contributed by atoms with Crippen LogP contribution in [-0.2, 0) is 4.79 Å². The summed E-state index contributed by atoms with van der Waals surface area (Å²) in [7, 11) is 0. The van der Waals surface area contributed by atoms with Crippen molar-refractivity contribution in [1.29, 1.82) is 0 Å². The first-order valence-corrected chi connectivity index (χ1v) is 7.01. The van der Waals surface area contributed by atoms with Crippen LogP contribution >= 0.6 is 11.6 Å². The molecule has 0 aliphatic heterocycles. The lowest BCUT2D eigenvalue weighted by atomic mass is 10.1. The zero-order valence-corrected chi connectivity index (χ0v) is 12.6. The number of carbonyl (C=O) groups is 3. The topological polar surface area (TPSA) is 95.5 Å². The van der Waals surface area contributed by atoms with E-state index in [4.69, 9.17) is 16.7 Å². The van der Waals surface area contributed by atoms with E-state index in [-0.39, 0.29) is 11.3 Å². The zero-order chi connectivity index (χ0) is 16.8. The van der Waals surface area contributed by atoms with Crippen LogP contribution in [0, 0.1) is 0 Å². The Morgan fingerprint density at radius 3 is 2.26 bits per heavy atom. The number of para-hydroxylation sites is 1. The van der Waals surface area contributed by atoms with Crippen LogP contribution in [0.15, 0.2) is 48.5 Å². The van der Waals surface area contributed by atoms with Crippen LogP contribution < -0.4 is 10.6 Å². The molecule has 3 N–H and O–H groups in total. The highest BCUT2D eigenvalue weighted by Crippen LogP contribution is 2.17. The van der Waals surface area contributed by atoms with Gasteiger partial charge in [-0.25, -0.2) is 0 Å². The fourth-order valence-electron chi connectivity index (χ4n) is 1.84. The highest BCUT2D eigenvalue weighted by molar-refractivity contribution is 6.30. The summed E-state index contributed by atoms with van der Waals surface area (Å²) in [4.78, 5) is 34.7. The molecule has 0 unspecified atom stereocenters. The molecule has 2 rings (SSSR count). The van der Waals surface area contributed by atoms with Gasteiger partial charge >= 0.3 is 5.97 Å². The van der Waals surface area contributed by atoms with Gasteiger partial charge in [0.05, 0.1) is 11.3 Å². The molecule has 118 valence electrons. The summed E-state index contributed by atoms with van der Waals surface area (Å²) in [6.45, 7) is -0.502. The Bertz CT molecular complexity index is 744. The van der Waals surface area contributed by atoms with Crippen molar-refractivity contribution in [3.05, 3.63) is 64.7 Å². The molecular weight excluding hydrogens is 320 g/mol. The lowest BCUT2D eigenvalue weighted by Crippen LogP contribution is -2.30. The quantitative estimate of drug-likeness (QED) is 0.783. The Morgan fingerprint density at radius 1 is 0.957 bits per heavy atom. The van der Waals surface area contributed by atoms with Gasteiger partial charge in [-0.1, -0.05) is 23.7 Å². The highest BCUT2D eigenvalue weighted by Gasteiger charge is 2.14. The highest BCUT2D eigenvalue weighted by atomic mass is 35.5. The van der Waals surface area contributed by atoms with Crippen molar-refractivity contribution in [1.82, 2.24) is 5.32 Å². The van der Waals surface area contributed by atoms with Gasteiger partial charge in [-0.05, 0) is 36.4 Å². The Hall–Kier alpha value is -2.86. The van der Waals surface area contributed by atoms with Gasteiger partial charge in [-0.2, -0.15) is 0 Å². The summed E-state index contributed by atoms with van der Waals surface area (Å²) in [5.74, 6) is -2.14. The number of hydrogen-bond acceptors (Lipinski definition) is 3. The molecule has 0 aliphatic rings. The molecule has 0 saturated carbocycles. The predicted octanol–water partition coefficient (Wildman–Crippen LogP) is 2.41. The number of benzene rings is 2. The van der Waals surface area contributed by atoms with E-state index in [1.165, 1.54) is 6.07 Å². The molecule has 0 fully saturated rings. The van der Waals surface area contributed by atoms with Crippen LogP contribution in [0.25, 0.3) is 0 Å². The third-order valence-electron chi connectivity index (χ3n) is 2.93. The molecule has 0 radical (unpaired) electrons. The van der Waals surface area contributed by atoms with E-state index in [0.717, 1.165) is 0 Å². The maximum absolute atomic E-state index is 12.2. The van der Waals surface area contributed by atoms with Gasteiger partial charge in [0.15, 0.2) is 0 Å². The first kappa shape index (κ1) is 16.5. The fraction of sp³-hybridized carbons (Fsp3) is 0.0625. The molecule has 0 spiro atoms. The average Bonchev–Trinajstić information content (AvgIpc) is 2.53. The van der Waals surface area contributed by atoms with E-state index < -0.39 is 24.3 Å². The number of hydrogen-bond donors (Lipinski definition) is 3. The summed E-state index contributed by atoms with van der Waals surface area (Å²) in [5, 5.41) is 14.0. The number of halogens is 1. The van der Waals surface area contributed by atoms with Gasteiger partial charge in [0.25, 0.3) is 11.8 Å². The molecule has 2 aromatic carbocycles. The van der Waals surface area contributed by atoms with Gasteiger partial charge < -0.3 is 15.7 Å². The molecule has 6 nitrogen and oxygen atoms in total. The summed E-state index contributed by atoms with van der Waals surface area (Å²) < 4.78 is 0. The van der Waals surface area contributed by atoms with Crippen molar-refractivity contribution in [2.24, 2.45) is 0 Å². The maximum Gasteiger partial charge on any atom is 0.322 e. The number of nitrogens with one attached hydrogen (secondary N) is 2. The maximum atomic E-state index is 12.2. The third-order valence-corrected chi connectivity index (χ3v) is 3.18. The van der Waals surface area contributed by atoms with Crippen LogP contribution in [0.3, 0.4) is 0 Å². The predicted molar refractivity (Wildman–Crippen MR) is 85.8 cm³/mol. The van der Waals surface area contributed by atoms with Crippen LogP contribution in [0.4, 0.5) is 5.69 Å². The van der Waals surface area contributed by atoms with Gasteiger partial charge in [0, 0.05) is 10.6 Å². The fourth-order valence-corrected chi connectivity index (χ4v) is 1.96. The Labute approximate surface area is 137 Å². The molecule has 0 bridgehead atoms. The number of aliphatic carboxylic acids is 1. The van der Waals surface area contributed by atoms with E-state index in [0.29, 0.717) is 10.6 Å². The molecule has 2 amide bonds. The second-order valence-corrected chi connectivity index (χ2v) is 5.02. The van der Waals surface area contributed by atoms with E-state index in [9.17, 15) is 14.4 Å². The number of carboxylic acids is 1. The normalized spacial score (nSPS) is 9.96. The number of anilines is 1. The molecule has 0 atom stereocenters. The molecule has 2 aromatic rings. The zero-order valence-electron chi connectivity index (χ0n) is 11.9. The third kappa shape index (κ3) is 4.55. The van der Waals surface area contributed by atoms with Crippen LogP contribution in [0.2, 0.25) is 5.02 Å². The molecule has 7 heteroatoms. The van der Waals surface area contributed by atoms with Gasteiger partial charge in [-0.3, -0.25) is 14.4 Å². The SMILES string of the molecule is O=C(O)CNC(=O)c1ccccc1NC(=O)c1ccc(Cl)cc1. The standard InChI is InChI=1S/C16H13ClN2O4/c17-11-7-5-10(6-8-11)15(22)19-13-4-2-1-3-12(13)16(23)18-9-14(20)21/h1-8H,9H2,(H,18,23)(H,19,22)(H,20,21). The summed E-state index contributed by atoms with van der Waals surface area (Å²) >= 11 is 5.77. The minimum Gasteiger partial charge on any atom is -0.480 e. The van der Waals surface area contributed by atoms with Crippen molar-refractivity contribution in [3.63, 3.8) is 0 Å². The molecule has 0 heterocycles. The first-order valence-electron chi connectivity index (χ1n) is 6.63. The molecule has 0 aliphatic carbocycles. The van der Waals surface area contributed by atoms with Crippen molar-refractivity contribution in [2.75, 3.05) is 11.9 Å². The largest absolute Gasteiger partial charge is 0.480 e. The molecule has 0 saturated heterocycles. The monoisotopic (exact) mass is 332 g/mol. The van der Waals surface area contributed by atoms with Gasteiger partial charge in [0.1, 0.15) is 6.54 Å². The van der Waals surface area contributed by atoms with E-state index in [1.807, 2.05) is 0 Å². The number of carbonyl (C=O) groups excluding carboxylic acids is 2. The van der Waals surface area contributed by atoms with Gasteiger partial charge in [0.2, 0.25) is 0 Å².